The molecule has 1 aromatic rings. The predicted octanol–water partition coefficient (Wildman–Crippen LogP) is 2.17. The van der Waals surface area contributed by atoms with Crippen LogP contribution >= 0.6 is 0 Å². The zero-order chi connectivity index (χ0) is 9.36. The molecule has 0 aliphatic carbocycles. The zero-order valence-electron chi connectivity index (χ0n) is 7.75. The van der Waals surface area contributed by atoms with Gasteiger partial charge in [-0.1, -0.05) is 0 Å². The summed E-state index contributed by atoms with van der Waals surface area (Å²) < 4.78 is 4.94. The van der Waals surface area contributed by atoms with E-state index in [9.17, 15) is 0 Å². The van der Waals surface area contributed by atoms with Crippen LogP contribution in [-0.4, -0.2) is 6.54 Å². The summed E-state index contributed by atoms with van der Waals surface area (Å²) in [6.07, 6.45) is 11.7. The van der Waals surface area contributed by atoms with Crippen molar-refractivity contribution in [2.45, 2.75) is 25.8 Å². The van der Waals surface area contributed by atoms with Gasteiger partial charge in [0.25, 0.3) is 0 Å². The Hall–Kier alpha value is -1.20. The number of hydrogen-bond donors (Lipinski definition) is 1. The van der Waals surface area contributed by atoms with Gasteiger partial charge in [0.1, 0.15) is 0 Å². The summed E-state index contributed by atoms with van der Waals surface area (Å²) in [5.74, 6) is 2.63. The van der Waals surface area contributed by atoms with E-state index in [0.717, 1.165) is 32.4 Å². The minimum Gasteiger partial charge on any atom is -0.472 e. The van der Waals surface area contributed by atoms with E-state index in [1.807, 2.05) is 6.07 Å². The monoisotopic (exact) mass is 177 g/mol. The molecule has 1 aromatic heterocycles. The molecular weight excluding hydrogens is 162 g/mol. The van der Waals surface area contributed by atoms with Gasteiger partial charge >= 0.3 is 0 Å². The first-order chi connectivity index (χ1) is 6.43. The molecule has 13 heavy (non-hydrogen) atoms. The van der Waals surface area contributed by atoms with Gasteiger partial charge in [0.05, 0.1) is 12.5 Å². The Labute approximate surface area is 79.3 Å². The molecule has 0 saturated heterocycles. The number of hydrogen-bond acceptors (Lipinski definition) is 2. The average molecular weight is 177 g/mol. The van der Waals surface area contributed by atoms with Crippen LogP contribution in [0.4, 0.5) is 0 Å². The van der Waals surface area contributed by atoms with Gasteiger partial charge < -0.3 is 9.73 Å². The van der Waals surface area contributed by atoms with E-state index in [-0.39, 0.29) is 0 Å². The maximum absolute atomic E-state index is 5.14. The molecule has 0 spiro atoms. The van der Waals surface area contributed by atoms with Crippen molar-refractivity contribution in [3.05, 3.63) is 24.2 Å². The molecule has 2 nitrogen and oxygen atoms in total. The third kappa shape index (κ3) is 4.39. The van der Waals surface area contributed by atoms with Crippen molar-refractivity contribution in [1.29, 1.82) is 0 Å². The Balaban J connectivity index is 1.94. The minimum atomic E-state index is 0.882. The van der Waals surface area contributed by atoms with Crippen LogP contribution in [-0.2, 0) is 6.54 Å². The van der Waals surface area contributed by atoms with Crippen LogP contribution in [0, 0.1) is 12.3 Å². The summed E-state index contributed by atoms with van der Waals surface area (Å²) in [6, 6.07) is 1.97. The van der Waals surface area contributed by atoms with E-state index >= 15 is 0 Å². The maximum atomic E-state index is 5.14. The van der Waals surface area contributed by atoms with Crippen molar-refractivity contribution >= 4 is 0 Å². The summed E-state index contributed by atoms with van der Waals surface area (Å²) in [5.41, 5.74) is 1.19. The molecule has 0 bridgehead atoms. The second-order valence-electron chi connectivity index (χ2n) is 2.97. The van der Waals surface area contributed by atoms with E-state index in [4.69, 9.17) is 10.8 Å². The molecule has 0 aromatic carbocycles. The average Bonchev–Trinajstić information content (AvgIpc) is 2.63. The standard InChI is InChI=1S/C11H15NO/c1-2-3-4-5-7-12-9-11-6-8-13-10-11/h1,6,8,10,12H,3-5,7,9H2. The molecule has 0 aliphatic rings. The highest BCUT2D eigenvalue weighted by molar-refractivity contribution is 5.04. The van der Waals surface area contributed by atoms with Crippen LogP contribution in [0.15, 0.2) is 23.0 Å². The quantitative estimate of drug-likeness (QED) is 0.532. The van der Waals surface area contributed by atoms with E-state index in [2.05, 4.69) is 11.2 Å². The maximum Gasteiger partial charge on any atom is 0.0947 e. The molecular formula is C11H15NO. The topological polar surface area (TPSA) is 25.2 Å². The molecule has 1 heterocycles. The number of rotatable bonds is 6. The second-order valence-corrected chi connectivity index (χ2v) is 2.97. The van der Waals surface area contributed by atoms with Crippen LogP contribution in [0.5, 0.6) is 0 Å². The Kier molecular flexibility index (Phi) is 4.81. The lowest BCUT2D eigenvalue weighted by Gasteiger charge is -2.00. The molecule has 70 valence electrons. The first-order valence-electron chi connectivity index (χ1n) is 4.58. The molecule has 0 aliphatic heterocycles. The number of nitrogens with one attached hydrogen (secondary N) is 1. The number of terminal acetylenes is 1. The number of unbranched alkanes of at least 4 members (excludes halogenated alkanes) is 2. The lowest BCUT2D eigenvalue weighted by atomic mass is 10.2. The summed E-state index contributed by atoms with van der Waals surface area (Å²) >= 11 is 0. The summed E-state index contributed by atoms with van der Waals surface area (Å²) in [7, 11) is 0. The second kappa shape index (κ2) is 6.33. The van der Waals surface area contributed by atoms with Crippen molar-refractivity contribution in [2.75, 3.05) is 6.54 Å². The summed E-state index contributed by atoms with van der Waals surface area (Å²) in [4.78, 5) is 0. The molecule has 0 saturated carbocycles. The highest BCUT2D eigenvalue weighted by Crippen LogP contribution is 1.99. The molecule has 0 atom stereocenters. The van der Waals surface area contributed by atoms with Gasteiger partial charge in [0.2, 0.25) is 0 Å². The van der Waals surface area contributed by atoms with Crippen LogP contribution in [0.2, 0.25) is 0 Å². The first kappa shape index (κ1) is 9.88. The molecule has 0 unspecified atom stereocenters. The fraction of sp³-hybridized carbons (Fsp3) is 0.455. The molecule has 2 heteroatoms. The van der Waals surface area contributed by atoms with Gasteiger partial charge in [-0.3, -0.25) is 0 Å². The molecule has 0 fully saturated rings. The Morgan fingerprint density at radius 1 is 1.46 bits per heavy atom. The van der Waals surface area contributed by atoms with Crippen molar-refractivity contribution in [1.82, 2.24) is 5.32 Å². The highest BCUT2D eigenvalue weighted by atomic mass is 16.3. The Morgan fingerprint density at radius 3 is 3.08 bits per heavy atom. The van der Waals surface area contributed by atoms with Crippen molar-refractivity contribution in [2.24, 2.45) is 0 Å². The fourth-order valence-corrected chi connectivity index (χ4v) is 1.10. The Morgan fingerprint density at radius 2 is 2.38 bits per heavy atom. The van der Waals surface area contributed by atoms with Crippen molar-refractivity contribution in [3.63, 3.8) is 0 Å². The smallest absolute Gasteiger partial charge is 0.0947 e. The third-order valence-corrected chi connectivity index (χ3v) is 1.83. The van der Waals surface area contributed by atoms with E-state index in [1.165, 1.54) is 5.56 Å². The lowest BCUT2D eigenvalue weighted by Crippen LogP contribution is -2.13. The molecule has 1 rings (SSSR count). The van der Waals surface area contributed by atoms with Crippen molar-refractivity contribution in [3.8, 4) is 12.3 Å². The lowest BCUT2D eigenvalue weighted by molar-refractivity contribution is 0.558. The van der Waals surface area contributed by atoms with Crippen LogP contribution in [0.1, 0.15) is 24.8 Å². The third-order valence-electron chi connectivity index (χ3n) is 1.83. The first-order valence-corrected chi connectivity index (χ1v) is 4.58. The van der Waals surface area contributed by atoms with Gasteiger partial charge in [-0.25, -0.2) is 0 Å². The molecule has 0 amide bonds. The predicted molar refractivity (Wildman–Crippen MR) is 53.1 cm³/mol. The minimum absolute atomic E-state index is 0.882. The van der Waals surface area contributed by atoms with Gasteiger partial charge in [0, 0.05) is 18.5 Å². The van der Waals surface area contributed by atoms with Gasteiger partial charge in [-0.2, -0.15) is 0 Å². The Bertz CT molecular complexity index is 246. The highest BCUT2D eigenvalue weighted by Gasteiger charge is 1.92. The van der Waals surface area contributed by atoms with Gasteiger partial charge in [-0.15, -0.1) is 12.3 Å². The SMILES string of the molecule is C#CCCCCNCc1ccoc1. The number of furan rings is 1. The van der Waals surface area contributed by atoms with Gasteiger partial charge in [-0.05, 0) is 25.5 Å². The van der Waals surface area contributed by atoms with E-state index < -0.39 is 0 Å². The van der Waals surface area contributed by atoms with Crippen molar-refractivity contribution < 1.29 is 4.42 Å². The zero-order valence-corrected chi connectivity index (χ0v) is 7.75. The molecule has 1 N–H and O–H groups in total. The van der Waals surface area contributed by atoms with Crippen LogP contribution in [0.25, 0.3) is 0 Å². The van der Waals surface area contributed by atoms with Gasteiger partial charge in [0.15, 0.2) is 0 Å². The normalized spacial score (nSPS) is 9.77. The summed E-state index contributed by atoms with van der Waals surface area (Å²) in [5, 5.41) is 3.32. The summed E-state index contributed by atoms with van der Waals surface area (Å²) in [6.45, 7) is 1.90. The van der Waals surface area contributed by atoms with Crippen LogP contribution < -0.4 is 5.32 Å². The molecule has 0 radical (unpaired) electrons. The van der Waals surface area contributed by atoms with E-state index in [1.54, 1.807) is 12.5 Å². The fourth-order valence-electron chi connectivity index (χ4n) is 1.10. The van der Waals surface area contributed by atoms with Crippen LogP contribution in [0.3, 0.4) is 0 Å². The van der Waals surface area contributed by atoms with E-state index in [0.29, 0.717) is 0 Å². The largest absolute Gasteiger partial charge is 0.472 e.